The van der Waals surface area contributed by atoms with Crippen LogP contribution >= 0.6 is 0 Å². The monoisotopic (exact) mass is 935 g/mol. The zero-order valence-corrected chi connectivity index (χ0v) is 36.9. The number of carbonyl (C=O) groups excluding carboxylic acids is 4. The smallest absolute Gasteiger partial charge is 0.475 e. The molecule has 8 heterocycles. The number of rotatable bonds is 8. The Balaban J connectivity index is 0.00000108. The lowest BCUT2D eigenvalue weighted by Gasteiger charge is -2.43. The molecule has 9 N–H and O–H groups in total. The summed E-state index contributed by atoms with van der Waals surface area (Å²) in [6.45, 7) is 5.70. The van der Waals surface area contributed by atoms with Gasteiger partial charge in [0.05, 0.1) is 18.8 Å². The van der Waals surface area contributed by atoms with Crippen LogP contribution in [-0.2, 0) is 59.1 Å². The molecule has 0 spiro atoms. The number of nitrogen functional groups attached to an aromatic ring is 1. The van der Waals surface area contributed by atoms with Crippen molar-refractivity contribution in [3.63, 3.8) is 0 Å². The molecule has 4 aromatic rings. The average Bonchev–Trinajstić information content (AvgIpc) is 3.25. The molecule has 8 aliphatic rings. The molecule has 352 valence electrons. The average molecular weight is 936 g/mol. The number of carboxylic acid groups (broad SMARTS) is 1. The fourth-order valence-electron chi connectivity index (χ4n) is 7.24. The second-order valence-corrected chi connectivity index (χ2v) is 17.8. The maximum absolute atomic E-state index is 14.2. The zero-order valence-electron chi connectivity index (χ0n) is 36.1. The van der Waals surface area contributed by atoms with Crippen LogP contribution in [0.3, 0.4) is 0 Å². The van der Waals surface area contributed by atoms with Crippen molar-refractivity contribution in [2.45, 2.75) is 69.3 Å². The number of alkyl halides is 3. The number of piperazine rings is 1. The fourth-order valence-corrected chi connectivity index (χ4v) is 8.57. The number of anilines is 2. The Morgan fingerprint density at radius 3 is 1.73 bits per heavy atom. The van der Waals surface area contributed by atoms with Crippen LogP contribution in [0.1, 0.15) is 41.7 Å². The quantitative estimate of drug-likeness (QED) is 0.0942. The number of amides is 4. The molecule has 4 aromatic carbocycles. The molecule has 0 aliphatic carbocycles. The molecule has 6 atom stereocenters. The number of nitrogens with one attached hydrogen (secondary N) is 6. The number of benzene rings is 4. The summed E-state index contributed by atoms with van der Waals surface area (Å²) in [5, 5.41) is 26.4. The standard InChI is InChI=1S/C43H51N9O6S.C2HF3O2/c1-28-24-52-26-40(54)48-36-18-12-31(13-19-36)21-38(50-59(57,58)27-33-6-4-3-5-7-33)43(56)49-37(42(55)46-22-32-8-14-34(15-9-32)41(44)45)20-30-10-16-35(17-11-30)47-39(53)25-51(28)23-29(52)2;3-2(4,5)1(6)7/h3-19,28-29,37-38,50H,20-27H2,1-2H3,(H3,44,45)(H,46,55)(H,47,53)(H,48,54)(H,49,56);(H,6,7)/t28-,29+,37-,38+;/m0./s1. The van der Waals surface area contributed by atoms with Crippen LogP contribution in [0.5, 0.6) is 0 Å². The Kier molecular flexibility index (Phi) is 17.1. The first kappa shape index (κ1) is 50.3. The lowest BCUT2D eigenvalue weighted by molar-refractivity contribution is -0.192. The van der Waals surface area contributed by atoms with Crippen molar-refractivity contribution in [2.24, 2.45) is 5.73 Å². The molecule has 6 bridgehead atoms. The number of nitrogens with two attached hydrogens (primary N) is 1. The van der Waals surface area contributed by atoms with Gasteiger partial charge in [0.2, 0.25) is 33.7 Å². The van der Waals surface area contributed by atoms with Crippen molar-refractivity contribution in [1.29, 1.82) is 5.41 Å². The lowest BCUT2D eigenvalue weighted by atomic mass is 10.0. The van der Waals surface area contributed by atoms with E-state index in [1.807, 2.05) is 13.8 Å². The molecule has 2 unspecified atom stereocenters. The first-order valence-electron chi connectivity index (χ1n) is 20.7. The summed E-state index contributed by atoms with van der Waals surface area (Å²) in [4.78, 5) is 67.6. The largest absolute Gasteiger partial charge is 0.490 e. The van der Waals surface area contributed by atoms with Gasteiger partial charge in [-0.05, 0) is 66.8 Å². The fraction of sp³-hybridized carbons (Fsp3) is 0.333. The van der Waals surface area contributed by atoms with Gasteiger partial charge >= 0.3 is 12.1 Å². The Bertz CT molecular complexity index is 2460. The van der Waals surface area contributed by atoms with Gasteiger partial charge in [-0.3, -0.25) is 34.4 Å². The van der Waals surface area contributed by atoms with Crippen LogP contribution in [0.2, 0.25) is 0 Å². The number of amidine groups is 1. The molecule has 12 rings (SSSR count). The Morgan fingerprint density at radius 2 is 1.26 bits per heavy atom. The highest BCUT2D eigenvalue weighted by Gasteiger charge is 2.38. The van der Waals surface area contributed by atoms with E-state index in [1.54, 1.807) is 103 Å². The lowest BCUT2D eigenvalue weighted by Crippen LogP contribution is -2.58. The van der Waals surface area contributed by atoms with Crippen LogP contribution in [0.25, 0.3) is 0 Å². The van der Waals surface area contributed by atoms with E-state index in [0.29, 0.717) is 46.7 Å². The predicted molar refractivity (Wildman–Crippen MR) is 241 cm³/mol. The van der Waals surface area contributed by atoms with Crippen LogP contribution in [0.15, 0.2) is 103 Å². The molecule has 0 saturated carbocycles. The molecule has 0 radical (unpaired) electrons. The third kappa shape index (κ3) is 15.5. The normalized spacial score (nSPS) is 21.8. The third-order valence-electron chi connectivity index (χ3n) is 10.7. The van der Waals surface area contributed by atoms with E-state index in [4.69, 9.17) is 21.0 Å². The molecule has 1 fully saturated rings. The molecular formula is C45H52F3N9O8S. The number of aliphatic carboxylic acids is 1. The first-order valence-corrected chi connectivity index (χ1v) is 22.4. The first-order chi connectivity index (χ1) is 31.1. The van der Waals surface area contributed by atoms with Crippen molar-refractivity contribution in [3.8, 4) is 0 Å². The highest BCUT2D eigenvalue weighted by molar-refractivity contribution is 7.88. The zero-order chi connectivity index (χ0) is 48.2. The van der Waals surface area contributed by atoms with Crippen LogP contribution in [0, 0.1) is 5.41 Å². The Labute approximate surface area is 379 Å². The van der Waals surface area contributed by atoms with E-state index in [9.17, 15) is 40.8 Å². The van der Waals surface area contributed by atoms with Gasteiger partial charge in [-0.15, -0.1) is 0 Å². The SMILES string of the molecule is C[C@@H]1CN2CC(=O)Nc3ccc(cc3)C[C@@H](C(=O)NCc3ccc(C(=N)N)cc3)NC(=O)[C@H](NS(=O)(=O)Cc3ccccc3)Cc3ccc(cc3)NC(=O)CN1C[C@@H]2C.O=C(O)C(F)(F)F. The minimum Gasteiger partial charge on any atom is -0.475 e. The van der Waals surface area contributed by atoms with Gasteiger partial charge in [0.15, 0.2) is 0 Å². The van der Waals surface area contributed by atoms with E-state index < -0.39 is 46.1 Å². The minimum absolute atomic E-state index is 0.0168. The minimum atomic E-state index is -5.08. The van der Waals surface area contributed by atoms with Crippen molar-refractivity contribution < 1.29 is 50.7 Å². The van der Waals surface area contributed by atoms with Crippen LogP contribution < -0.4 is 31.7 Å². The van der Waals surface area contributed by atoms with E-state index in [2.05, 4.69) is 35.8 Å². The van der Waals surface area contributed by atoms with Crippen LogP contribution in [-0.4, -0.2) is 115 Å². The Hall–Kier alpha value is -6.68. The Morgan fingerprint density at radius 1 is 0.773 bits per heavy atom. The predicted octanol–water partition coefficient (Wildman–Crippen LogP) is 2.96. The van der Waals surface area contributed by atoms with Crippen LogP contribution in [0.4, 0.5) is 24.5 Å². The number of sulfonamides is 1. The summed E-state index contributed by atoms with van der Waals surface area (Å²) in [5.41, 5.74) is 9.78. The summed E-state index contributed by atoms with van der Waals surface area (Å²) in [5.74, 6) is -4.84. The highest BCUT2D eigenvalue weighted by Crippen LogP contribution is 2.19. The van der Waals surface area contributed by atoms with Gasteiger partial charge in [0, 0.05) is 55.1 Å². The van der Waals surface area contributed by atoms with E-state index in [-0.39, 0.29) is 68.0 Å². The van der Waals surface area contributed by atoms with Crippen molar-refractivity contribution in [1.82, 2.24) is 25.2 Å². The molecule has 21 heteroatoms. The number of hydrogen-bond donors (Lipinski definition) is 8. The van der Waals surface area contributed by atoms with Crippen molar-refractivity contribution in [3.05, 3.63) is 131 Å². The van der Waals surface area contributed by atoms with E-state index in [0.717, 1.165) is 5.56 Å². The third-order valence-corrected chi connectivity index (χ3v) is 12.1. The van der Waals surface area contributed by atoms with Gasteiger partial charge < -0.3 is 32.1 Å². The maximum atomic E-state index is 14.2. The summed E-state index contributed by atoms with van der Waals surface area (Å²) in [7, 11) is -4.06. The number of carboxylic acids is 1. The second kappa shape index (κ2) is 22.5. The number of nitrogens with zero attached hydrogens (tertiary/aromatic N) is 2. The molecule has 17 nitrogen and oxygen atoms in total. The summed E-state index contributed by atoms with van der Waals surface area (Å²) in [6, 6.07) is 26.8. The van der Waals surface area contributed by atoms with E-state index >= 15 is 0 Å². The van der Waals surface area contributed by atoms with Gasteiger partial charge in [-0.2, -0.15) is 13.2 Å². The summed E-state index contributed by atoms with van der Waals surface area (Å²) < 4.78 is 61.4. The summed E-state index contributed by atoms with van der Waals surface area (Å²) >= 11 is 0. The molecular weight excluding hydrogens is 884 g/mol. The molecule has 1 saturated heterocycles. The van der Waals surface area contributed by atoms with Crippen molar-refractivity contribution in [2.75, 3.05) is 36.8 Å². The van der Waals surface area contributed by atoms with Crippen molar-refractivity contribution >= 4 is 56.8 Å². The summed E-state index contributed by atoms with van der Waals surface area (Å²) in [6.07, 6.45) is -5.09. The van der Waals surface area contributed by atoms with Gasteiger partial charge in [-0.25, -0.2) is 17.9 Å². The van der Waals surface area contributed by atoms with Gasteiger partial charge in [-0.1, -0.05) is 78.9 Å². The molecule has 8 aliphatic heterocycles. The molecule has 4 amide bonds. The number of carbonyl (C=O) groups is 5. The topological polar surface area (TPSA) is 256 Å². The van der Waals surface area contributed by atoms with Gasteiger partial charge in [0.1, 0.15) is 17.9 Å². The molecule has 66 heavy (non-hydrogen) atoms. The number of hydrogen-bond acceptors (Lipinski definition) is 10. The molecule has 0 aromatic heterocycles. The second-order valence-electron chi connectivity index (χ2n) is 16.1. The highest BCUT2D eigenvalue weighted by atomic mass is 32.2. The van der Waals surface area contributed by atoms with Gasteiger partial charge in [0.25, 0.3) is 0 Å². The number of halogens is 3. The maximum Gasteiger partial charge on any atom is 0.490 e. The van der Waals surface area contributed by atoms with E-state index in [1.165, 1.54) is 0 Å².